The van der Waals surface area contributed by atoms with Crippen LogP contribution in [0.1, 0.15) is 110 Å². The number of aromatic nitrogens is 5. The van der Waals surface area contributed by atoms with Gasteiger partial charge in [0, 0.05) is 47.4 Å². The second-order valence-electron chi connectivity index (χ2n) is 19.9. The SMILES string of the molecule is COC(=O)N[C@H](C(=O)N1CCC[C@H]1c1ncc(-c2cc(F)c3c(c2)OC(c2ccc(C4CC4)s2)n2c-3cc3cc(-c4cnc([C@@H]5C[C@@H](F)CN5C(=O)[C@@H](c5ccccc5)N5CCC5)[nH]4)ccc32)[nH]1)C(C)C. The first-order valence-electron chi connectivity index (χ1n) is 24.8. The summed E-state index contributed by atoms with van der Waals surface area (Å²) in [6.07, 6.45) is 5.93. The van der Waals surface area contributed by atoms with Crippen LogP contribution in [0.25, 0.3) is 44.7 Å². The van der Waals surface area contributed by atoms with Crippen molar-refractivity contribution in [3.05, 3.63) is 124 Å². The van der Waals surface area contributed by atoms with Gasteiger partial charge in [-0.1, -0.05) is 50.2 Å². The smallest absolute Gasteiger partial charge is 0.407 e. The molecule has 71 heavy (non-hydrogen) atoms. The molecule has 12 rings (SSSR count). The second-order valence-corrected chi connectivity index (χ2v) is 21.1. The molecule has 1 saturated carbocycles. The molecule has 1 unspecified atom stereocenters. The highest BCUT2D eigenvalue weighted by atomic mass is 32.1. The van der Waals surface area contributed by atoms with Crippen LogP contribution >= 0.6 is 11.3 Å². The fourth-order valence-electron chi connectivity index (χ4n) is 11.1. The average Bonchev–Trinajstić information content (AvgIpc) is 4.06. The lowest BCUT2D eigenvalue weighted by Gasteiger charge is -2.40. The number of H-pyrrole nitrogens is 2. The number of carbonyl (C=O) groups excluding carboxylic acids is 3. The van der Waals surface area contributed by atoms with Gasteiger partial charge in [0.2, 0.25) is 18.0 Å². The Hall–Kier alpha value is -6.85. The zero-order chi connectivity index (χ0) is 48.7. The van der Waals surface area contributed by atoms with Gasteiger partial charge in [-0.3, -0.25) is 19.1 Å². The Morgan fingerprint density at radius 2 is 1.58 bits per heavy atom. The number of benzene rings is 3. The number of ether oxygens (including phenoxy) is 2. The number of rotatable bonds is 12. The first-order valence-corrected chi connectivity index (χ1v) is 25.6. The zero-order valence-electron chi connectivity index (χ0n) is 39.7. The molecule has 6 atom stereocenters. The van der Waals surface area contributed by atoms with Gasteiger partial charge < -0.3 is 34.6 Å². The van der Waals surface area contributed by atoms with Crippen molar-refractivity contribution >= 4 is 40.1 Å². The number of amides is 3. The predicted molar refractivity (Wildman–Crippen MR) is 265 cm³/mol. The van der Waals surface area contributed by atoms with Gasteiger partial charge in [-0.2, -0.15) is 0 Å². The number of nitrogens with zero attached hydrogens (tertiary/aromatic N) is 6. The number of nitrogens with one attached hydrogen (secondary N) is 3. The van der Waals surface area contributed by atoms with E-state index >= 15 is 8.78 Å². The molecule has 0 spiro atoms. The van der Waals surface area contributed by atoms with Crippen LogP contribution in [0.4, 0.5) is 13.6 Å². The summed E-state index contributed by atoms with van der Waals surface area (Å²) in [4.78, 5) is 64.6. The summed E-state index contributed by atoms with van der Waals surface area (Å²) in [6, 6.07) is 23.3. The van der Waals surface area contributed by atoms with Gasteiger partial charge in [0.15, 0.2) is 0 Å². The topological polar surface area (TPSA) is 154 Å². The standard InChI is InChI=1S/C54H55F2N9O5S/c1-29(2)47(61-54(68)69-3)51(66)63-20-7-11-40(63)49-57-27-38(60-49)33-22-36(56)46-41-23-34-21-32(14-15-39(34)65(41)53(70-43(46)24-33)45-17-16-44(71-45)30-12-13-30)37-26-58-50(59-37)42-25-35(55)28-64(42)52(67)48(62-18-8-19-62)31-9-5-4-6-10-31/h4-6,9-10,14-17,21-24,26-27,29-30,35,40,42,47-48,53H,7-8,11-13,18-20,25,28H2,1-3H3,(H,57,60)(H,58,59)(H,61,68)/t35-,40+,42+,47+,48-,53?/m1/s1. The number of methoxy groups -OCH3 is 1. The highest BCUT2D eigenvalue weighted by Gasteiger charge is 2.44. The third-order valence-electron chi connectivity index (χ3n) is 15.0. The number of hydrogen-bond donors (Lipinski definition) is 3. The lowest BCUT2D eigenvalue weighted by atomic mass is 10.00. The molecule has 5 aliphatic rings. The van der Waals surface area contributed by atoms with Crippen LogP contribution in [0.2, 0.25) is 0 Å². The van der Waals surface area contributed by atoms with Crippen LogP contribution in [-0.2, 0) is 14.3 Å². The lowest BCUT2D eigenvalue weighted by molar-refractivity contribution is -0.140. The molecule has 8 heterocycles. The van der Waals surface area contributed by atoms with E-state index in [1.807, 2.05) is 74.5 Å². The maximum Gasteiger partial charge on any atom is 0.407 e. The summed E-state index contributed by atoms with van der Waals surface area (Å²) >= 11 is 1.73. The minimum atomic E-state index is -1.17. The van der Waals surface area contributed by atoms with Crippen LogP contribution in [0.15, 0.2) is 91.3 Å². The molecule has 4 fully saturated rings. The predicted octanol–water partition coefficient (Wildman–Crippen LogP) is 10.2. The monoisotopic (exact) mass is 979 g/mol. The first kappa shape index (κ1) is 45.3. The third kappa shape index (κ3) is 8.16. The molecule has 3 amide bonds. The normalized spacial score (nSPS) is 21.7. The number of alkyl halides is 1. The Balaban J connectivity index is 0.858. The van der Waals surface area contributed by atoms with E-state index in [1.165, 1.54) is 18.1 Å². The quantitative estimate of drug-likeness (QED) is 0.109. The van der Waals surface area contributed by atoms with Gasteiger partial charge in [-0.15, -0.1) is 11.3 Å². The van der Waals surface area contributed by atoms with Gasteiger partial charge in [-0.05, 0) is 92.0 Å². The van der Waals surface area contributed by atoms with E-state index in [1.54, 1.807) is 33.5 Å². The first-order chi connectivity index (χ1) is 34.5. The van der Waals surface area contributed by atoms with Crippen molar-refractivity contribution in [2.24, 2.45) is 5.92 Å². The van der Waals surface area contributed by atoms with Crippen LogP contribution in [0.5, 0.6) is 5.75 Å². The maximum absolute atomic E-state index is 17.0. The number of fused-ring (bicyclic) bond motifs is 5. The van der Waals surface area contributed by atoms with Crippen molar-refractivity contribution in [1.82, 2.24) is 44.5 Å². The summed E-state index contributed by atoms with van der Waals surface area (Å²) in [5, 5.41) is 3.56. The van der Waals surface area contributed by atoms with Gasteiger partial charge in [0.05, 0.1) is 71.2 Å². The van der Waals surface area contributed by atoms with E-state index in [4.69, 9.17) is 19.4 Å². The van der Waals surface area contributed by atoms with Crippen LogP contribution < -0.4 is 10.1 Å². The number of aromatic amines is 2. The maximum atomic E-state index is 17.0. The molecule has 3 N–H and O–H groups in total. The molecule has 0 bridgehead atoms. The Morgan fingerprint density at radius 1 is 0.831 bits per heavy atom. The molecule has 3 saturated heterocycles. The molecule has 14 nitrogen and oxygen atoms in total. The number of likely N-dealkylation sites (tertiary alicyclic amines) is 3. The van der Waals surface area contributed by atoms with E-state index in [0.717, 1.165) is 71.4 Å². The molecular formula is C54H55F2N9O5S. The Morgan fingerprint density at radius 3 is 2.30 bits per heavy atom. The van der Waals surface area contributed by atoms with Crippen LogP contribution in [0, 0.1) is 11.7 Å². The number of thiophene rings is 1. The van der Waals surface area contributed by atoms with Crippen molar-refractivity contribution in [1.29, 1.82) is 0 Å². The van der Waals surface area contributed by atoms with Crippen molar-refractivity contribution in [3.8, 4) is 39.5 Å². The summed E-state index contributed by atoms with van der Waals surface area (Å²) in [5.41, 5.74) is 5.48. The summed E-state index contributed by atoms with van der Waals surface area (Å²) in [5.74, 6) is 1.10. The van der Waals surface area contributed by atoms with Crippen molar-refractivity contribution in [2.75, 3.05) is 33.3 Å². The number of alkyl carbamates (subject to hydrolysis) is 1. The molecule has 4 aliphatic heterocycles. The molecule has 4 aromatic heterocycles. The molecular weight excluding hydrogens is 925 g/mol. The van der Waals surface area contributed by atoms with Gasteiger partial charge in [-0.25, -0.2) is 23.5 Å². The number of imidazole rings is 2. The fourth-order valence-corrected chi connectivity index (χ4v) is 12.3. The van der Waals surface area contributed by atoms with E-state index in [2.05, 4.69) is 36.9 Å². The molecule has 1 aliphatic carbocycles. The third-order valence-corrected chi connectivity index (χ3v) is 16.3. The zero-order valence-corrected chi connectivity index (χ0v) is 40.6. The van der Waals surface area contributed by atoms with Gasteiger partial charge in [0.25, 0.3) is 0 Å². The van der Waals surface area contributed by atoms with Crippen LogP contribution in [-0.4, -0.2) is 103 Å². The second kappa shape index (κ2) is 18.1. The number of hydrogen-bond acceptors (Lipinski definition) is 9. The van der Waals surface area contributed by atoms with Crippen molar-refractivity contribution < 1.29 is 32.6 Å². The van der Waals surface area contributed by atoms with E-state index in [-0.39, 0.29) is 36.7 Å². The van der Waals surface area contributed by atoms with Gasteiger partial charge in [0.1, 0.15) is 41.5 Å². The number of carbonyl (C=O) groups is 3. The largest absolute Gasteiger partial charge is 0.464 e. The molecule has 366 valence electrons. The van der Waals surface area contributed by atoms with Gasteiger partial charge >= 0.3 is 6.09 Å². The minimum absolute atomic E-state index is 0.0102. The number of halogens is 2. The van der Waals surface area contributed by atoms with Crippen molar-refractivity contribution in [3.63, 3.8) is 0 Å². The lowest BCUT2D eigenvalue weighted by Crippen LogP contribution is -2.51. The minimum Gasteiger partial charge on any atom is -0.464 e. The Labute approximate surface area is 413 Å². The van der Waals surface area contributed by atoms with Crippen molar-refractivity contribution in [2.45, 2.75) is 94.9 Å². The molecule has 0 radical (unpaired) electrons. The average molecular weight is 980 g/mol. The van der Waals surface area contributed by atoms with E-state index in [9.17, 15) is 14.4 Å². The summed E-state index contributed by atoms with van der Waals surface area (Å²) < 4.78 is 46.1. The Kier molecular flexibility index (Phi) is 11.5. The molecule has 7 aromatic rings. The highest BCUT2D eigenvalue weighted by molar-refractivity contribution is 7.12. The summed E-state index contributed by atoms with van der Waals surface area (Å²) in [7, 11) is 1.27. The fraction of sp³-hybridized carbons (Fsp3) is 0.389. The molecule has 17 heteroatoms. The molecule has 3 aromatic carbocycles. The highest BCUT2D eigenvalue weighted by Crippen LogP contribution is 2.50. The Bertz CT molecular complexity index is 3170. The van der Waals surface area contributed by atoms with E-state index < -0.39 is 42.4 Å². The van der Waals surface area contributed by atoms with E-state index in [0.29, 0.717) is 58.8 Å². The summed E-state index contributed by atoms with van der Waals surface area (Å²) in [6.45, 7) is 5.90. The van der Waals surface area contributed by atoms with Crippen LogP contribution in [0.3, 0.4) is 0 Å².